The lowest BCUT2D eigenvalue weighted by molar-refractivity contribution is -0.123. The molecule has 0 radical (unpaired) electrons. The lowest BCUT2D eigenvalue weighted by Gasteiger charge is -2.20. The Balaban J connectivity index is 1.97. The molecule has 1 aromatic heterocycles. The second kappa shape index (κ2) is 7.43. The average Bonchev–Trinajstić information content (AvgIpc) is 2.95. The zero-order valence-corrected chi connectivity index (χ0v) is 17.5. The molecule has 1 amide bonds. The van der Waals surface area contributed by atoms with Gasteiger partial charge in [-0.15, -0.1) is 0 Å². The predicted molar refractivity (Wildman–Crippen MR) is 112 cm³/mol. The summed E-state index contributed by atoms with van der Waals surface area (Å²) in [5, 5.41) is 3.55. The number of para-hydroxylation sites is 1. The van der Waals surface area contributed by atoms with Crippen LogP contribution in [0.25, 0.3) is 10.9 Å². The van der Waals surface area contributed by atoms with Crippen LogP contribution < -0.4 is 5.32 Å². The number of nitrogens with one attached hydrogen (secondary N) is 1. The summed E-state index contributed by atoms with van der Waals surface area (Å²) in [7, 11) is -3.56. The molecule has 0 saturated heterocycles. The first kappa shape index (κ1) is 20.1. The largest absolute Gasteiger partial charge is 0.350 e. The van der Waals surface area contributed by atoms with Gasteiger partial charge in [0.2, 0.25) is 5.91 Å². The lowest BCUT2D eigenvalue weighted by atomic mass is 10.1. The maximum absolute atomic E-state index is 13.1. The normalized spacial score (nSPS) is 12.3. The van der Waals surface area contributed by atoms with Crippen LogP contribution >= 0.6 is 0 Å². The van der Waals surface area contributed by atoms with E-state index in [4.69, 9.17) is 0 Å². The van der Waals surface area contributed by atoms with Crippen molar-refractivity contribution in [1.82, 2.24) is 9.88 Å². The molecule has 0 unspecified atom stereocenters. The minimum Gasteiger partial charge on any atom is -0.350 e. The molecule has 0 aliphatic heterocycles. The van der Waals surface area contributed by atoms with Gasteiger partial charge in [0.25, 0.3) is 0 Å². The smallest absolute Gasteiger partial charge is 0.240 e. The summed E-state index contributed by atoms with van der Waals surface area (Å²) in [4.78, 5) is 12.6. The van der Waals surface area contributed by atoms with Crippen LogP contribution in [-0.4, -0.2) is 24.4 Å². The second-order valence-electron chi connectivity index (χ2n) is 8.18. The molecule has 0 spiro atoms. The van der Waals surface area contributed by atoms with Gasteiger partial charge in [0.05, 0.1) is 10.6 Å². The summed E-state index contributed by atoms with van der Waals surface area (Å²) < 4.78 is 27.9. The van der Waals surface area contributed by atoms with Crippen molar-refractivity contribution in [2.75, 3.05) is 0 Å². The number of benzene rings is 2. The maximum Gasteiger partial charge on any atom is 0.240 e. The Morgan fingerprint density at radius 2 is 1.68 bits per heavy atom. The Kier molecular flexibility index (Phi) is 5.35. The molecule has 3 aromatic rings. The van der Waals surface area contributed by atoms with Crippen LogP contribution in [0.3, 0.4) is 0 Å². The minimum absolute atomic E-state index is 0.0673. The van der Waals surface area contributed by atoms with Crippen LogP contribution in [-0.2, 0) is 26.9 Å². The van der Waals surface area contributed by atoms with Gasteiger partial charge >= 0.3 is 0 Å². The van der Waals surface area contributed by atoms with Crippen LogP contribution in [0.4, 0.5) is 0 Å². The molecule has 3 rings (SSSR count). The lowest BCUT2D eigenvalue weighted by Crippen LogP contribution is -2.42. The third-order valence-electron chi connectivity index (χ3n) is 4.39. The van der Waals surface area contributed by atoms with Crippen molar-refractivity contribution in [1.29, 1.82) is 0 Å². The molecule has 1 heterocycles. The zero-order valence-electron chi connectivity index (χ0n) is 16.7. The number of rotatable bonds is 5. The minimum atomic E-state index is -3.56. The van der Waals surface area contributed by atoms with Crippen molar-refractivity contribution >= 4 is 26.6 Å². The van der Waals surface area contributed by atoms with E-state index in [1.807, 2.05) is 70.2 Å². The highest BCUT2D eigenvalue weighted by molar-refractivity contribution is 7.90. The van der Waals surface area contributed by atoms with E-state index in [9.17, 15) is 13.2 Å². The molecule has 148 valence electrons. The topological polar surface area (TPSA) is 68.2 Å². The zero-order chi connectivity index (χ0) is 20.5. The van der Waals surface area contributed by atoms with E-state index in [2.05, 4.69) is 5.32 Å². The summed E-state index contributed by atoms with van der Waals surface area (Å²) in [6.45, 7) is 7.77. The summed E-state index contributed by atoms with van der Waals surface area (Å²) >= 11 is 0. The number of hydrogen-bond acceptors (Lipinski definition) is 3. The van der Waals surface area contributed by atoms with E-state index in [-0.39, 0.29) is 28.6 Å². The Labute approximate surface area is 166 Å². The van der Waals surface area contributed by atoms with E-state index in [0.717, 1.165) is 16.6 Å². The van der Waals surface area contributed by atoms with E-state index in [0.29, 0.717) is 5.39 Å². The first-order valence-corrected chi connectivity index (χ1v) is 10.9. The maximum atomic E-state index is 13.1. The number of aryl methyl sites for hydroxylation is 1. The number of carbonyl (C=O) groups excluding carboxylic acids is 1. The van der Waals surface area contributed by atoms with E-state index in [1.165, 1.54) is 0 Å². The van der Waals surface area contributed by atoms with Gasteiger partial charge in [0, 0.05) is 22.6 Å². The fraction of sp³-hybridized carbons (Fsp3) is 0.318. The van der Waals surface area contributed by atoms with Gasteiger partial charge in [-0.3, -0.25) is 4.79 Å². The Morgan fingerprint density at radius 3 is 2.32 bits per heavy atom. The highest BCUT2D eigenvalue weighted by Crippen LogP contribution is 2.28. The first-order valence-electron chi connectivity index (χ1n) is 9.22. The molecule has 0 saturated carbocycles. The molecule has 1 N–H and O–H groups in total. The summed E-state index contributed by atoms with van der Waals surface area (Å²) in [6, 6.07) is 14.8. The van der Waals surface area contributed by atoms with E-state index < -0.39 is 9.84 Å². The third kappa shape index (κ3) is 4.62. The van der Waals surface area contributed by atoms with Crippen LogP contribution in [0.5, 0.6) is 0 Å². The number of nitrogens with zero attached hydrogens (tertiary/aromatic N) is 1. The molecule has 0 fully saturated rings. The third-order valence-corrected chi connectivity index (χ3v) is 6.10. The van der Waals surface area contributed by atoms with Crippen LogP contribution in [0.15, 0.2) is 59.6 Å². The number of sulfone groups is 1. The molecule has 5 nitrogen and oxygen atoms in total. The number of amides is 1. The second-order valence-corrected chi connectivity index (χ2v) is 10.1. The van der Waals surface area contributed by atoms with Gasteiger partial charge in [0.15, 0.2) is 9.84 Å². The summed E-state index contributed by atoms with van der Waals surface area (Å²) in [5.74, 6) is -0.231. The fourth-order valence-corrected chi connectivity index (χ4v) is 4.77. The predicted octanol–water partition coefficient (Wildman–Crippen LogP) is 3.84. The monoisotopic (exact) mass is 398 g/mol. The van der Waals surface area contributed by atoms with Gasteiger partial charge in [-0.25, -0.2) is 8.42 Å². The van der Waals surface area contributed by atoms with Crippen LogP contribution in [0.2, 0.25) is 0 Å². The Morgan fingerprint density at radius 1 is 1.04 bits per heavy atom. The molecule has 0 aliphatic carbocycles. The van der Waals surface area contributed by atoms with Gasteiger partial charge in [-0.1, -0.05) is 48.0 Å². The standard InChI is InChI=1S/C22H26N2O3S/c1-16-9-11-17(12-10-16)15-28(26,27)20-13-24(14-21(25)23-22(2,3)4)19-8-6-5-7-18(19)20/h5-13H,14-15H2,1-4H3,(H,23,25). The summed E-state index contributed by atoms with van der Waals surface area (Å²) in [6.07, 6.45) is 1.58. The van der Waals surface area contributed by atoms with E-state index in [1.54, 1.807) is 16.8 Å². The molecule has 2 aromatic carbocycles. The summed E-state index contributed by atoms with van der Waals surface area (Å²) in [5.41, 5.74) is 2.21. The van der Waals surface area contributed by atoms with Crippen molar-refractivity contribution in [2.24, 2.45) is 0 Å². The Hall–Kier alpha value is -2.60. The Bertz CT molecular complexity index is 1100. The quantitative estimate of drug-likeness (QED) is 0.710. The number of hydrogen-bond donors (Lipinski definition) is 1. The highest BCUT2D eigenvalue weighted by Gasteiger charge is 2.23. The number of fused-ring (bicyclic) bond motifs is 1. The van der Waals surface area contributed by atoms with Crippen molar-refractivity contribution in [3.05, 3.63) is 65.9 Å². The number of carbonyl (C=O) groups is 1. The van der Waals surface area contributed by atoms with Crippen molar-refractivity contribution in [3.63, 3.8) is 0 Å². The molecular weight excluding hydrogens is 372 g/mol. The van der Waals surface area contributed by atoms with Crippen molar-refractivity contribution in [3.8, 4) is 0 Å². The van der Waals surface area contributed by atoms with Gasteiger partial charge in [-0.2, -0.15) is 0 Å². The van der Waals surface area contributed by atoms with Crippen molar-refractivity contribution in [2.45, 2.75) is 50.4 Å². The van der Waals surface area contributed by atoms with Gasteiger partial charge < -0.3 is 9.88 Å². The van der Waals surface area contributed by atoms with Crippen molar-refractivity contribution < 1.29 is 13.2 Å². The highest BCUT2D eigenvalue weighted by atomic mass is 32.2. The molecule has 0 aliphatic rings. The molecule has 0 atom stereocenters. The SMILES string of the molecule is Cc1ccc(CS(=O)(=O)c2cn(CC(=O)NC(C)(C)C)c3ccccc23)cc1. The molecule has 0 bridgehead atoms. The molecule has 6 heteroatoms. The average molecular weight is 399 g/mol. The first-order chi connectivity index (χ1) is 13.0. The fourth-order valence-electron chi connectivity index (χ4n) is 3.19. The van der Waals surface area contributed by atoms with Gasteiger partial charge in [0.1, 0.15) is 6.54 Å². The molecular formula is C22H26N2O3S. The van der Waals surface area contributed by atoms with Crippen LogP contribution in [0, 0.1) is 6.92 Å². The van der Waals surface area contributed by atoms with Crippen LogP contribution in [0.1, 0.15) is 31.9 Å². The molecule has 28 heavy (non-hydrogen) atoms. The van der Waals surface area contributed by atoms with E-state index >= 15 is 0 Å². The number of aromatic nitrogens is 1. The van der Waals surface area contributed by atoms with Gasteiger partial charge in [-0.05, 0) is 39.3 Å².